The SMILES string of the molecule is O=C1C(F)N=C(c2ccccn2)c2cc([N+](=O)[O-])ccc2N1CC1CC1. The molecule has 26 heavy (non-hydrogen) atoms. The standard InChI is InChI=1S/C18H15FN4O3/c19-17-18(24)22(10-11-4-5-11)15-7-6-12(23(25)26)9-13(15)16(21-17)14-3-1-2-8-20-14/h1-3,6-9,11,17H,4-5,10H2. The number of anilines is 1. The highest BCUT2D eigenvalue weighted by Gasteiger charge is 2.36. The lowest BCUT2D eigenvalue weighted by Gasteiger charge is -2.23. The van der Waals surface area contributed by atoms with Gasteiger partial charge < -0.3 is 4.90 Å². The van der Waals surface area contributed by atoms with Crippen molar-refractivity contribution in [2.24, 2.45) is 10.9 Å². The molecule has 132 valence electrons. The number of amides is 1. The van der Waals surface area contributed by atoms with Crippen molar-refractivity contribution < 1.29 is 14.1 Å². The van der Waals surface area contributed by atoms with Crippen molar-refractivity contribution in [3.8, 4) is 0 Å². The number of hydrogen-bond acceptors (Lipinski definition) is 5. The maximum atomic E-state index is 14.6. The molecule has 1 aliphatic heterocycles. The second-order valence-corrected chi connectivity index (χ2v) is 6.38. The molecule has 1 atom stereocenters. The van der Waals surface area contributed by atoms with Crippen LogP contribution < -0.4 is 4.90 Å². The average Bonchev–Trinajstić information content (AvgIpc) is 3.48. The van der Waals surface area contributed by atoms with E-state index in [4.69, 9.17) is 0 Å². The molecule has 2 aromatic rings. The number of hydrogen-bond donors (Lipinski definition) is 0. The molecule has 1 aliphatic carbocycles. The molecule has 0 bridgehead atoms. The molecule has 1 fully saturated rings. The normalized spacial score (nSPS) is 19.6. The monoisotopic (exact) mass is 354 g/mol. The number of carbonyl (C=O) groups excluding carboxylic acids is 1. The molecule has 7 nitrogen and oxygen atoms in total. The van der Waals surface area contributed by atoms with E-state index in [2.05, 4.69) is 9.98 Å². The van der Waals surface area contributed by atoms with Gasteiger partial charge in [0, 0.05) is 30.4 Å². The van der Waals surface area contributed by atoms with Crippen molar-refractivity contribution in [3.05, 3.63) is 64.0 Å². The maximum absolute atomic E-state index is 14.6. The number of nitrogens with zero attached hydrogens (tertiary/aromatic N) is 4. The fourth-order valence-corrected chi connectivity index (χ4v) is 3.00. The molecule has 4 rings (SSSR count). The van der Waals surface area contributed by atoms with Crippen molar-refractivity contribution in [1.29, 1.82) is 0 Å². The van der Waals surface area contributed by atoms with Crippen LogP contribution in [0.15, 0.2) is 47.6 Å². The van der Waals surface area contributed by atoms with E-state index >= 15 is 0 Å². The molecule has 0 radical (unpaired) electrons. The summed E-state index contributed by atoms with van der Waals surface area (Å²) in [5.74, 6) is -0.427. The van der Waals surface area contributed by atoms with Crippen LogP contribution >= 0.6 is 0 Å². The Kier molecular flexibility index (Phi) is 3.95. The molecule has 1 aromatic heterocycles. The van der Waals surface area contributed by atoms with E-state index in [1.165, 1.54) is 29.3 Å². The quantitative estimate of drug-likeness (QED) is 0.480. The molecule has 2 aliphatic rings. The molecule has 0 spiro atoms. The topological polar surface area (TPSA) is 88.7 Å². The van der Waals surface area contributed by atoms with Gasteiger partial charge in [-0.15, -0.1) is 0 Å². The highest BCUT2D eigenvalue weighted by molar-refractivity contribution is 6.19. The summed E-state index contributed by atoms with van der Waals surface area (Å²) in [4.78, 5) is 32.7. The van der Waals surface area contributed by atoms with E-state index in [1.54, 1.807) is 18.2 Å². The van der Waals surface area contributed by atoms with Gasteiger partial charge in [-0.25, -0.2) is 9.38 Å². The first-order chi connectivity index (χ1) is 12.5. The number of fused-ring (bicyclic) bond motifs is 1. The zero-order valence-electron chi connectivity index (χ0n) is 13.7. The van der Waals surface area contributed by atoms with E-state index in [-0.39, 0.29) is 11.4 Å². The number of rotatable bonds is 4. The van der Waals surface area contributed by atoms with E-state index in [9.17, 15) is 19.3 Å². The number of carbonyl (C=O) groups is 1. The third-order valence-electron chi connectivity index (χ3n) is 4.49. The van der Waals surface area contributed by atoms with Gasteiger partial charge in [0.15, 0.2) is 0 Å². The number of non-ortho nitro benzene ring substituents is 1. The summed E-state index contributed by atoms with van der Waals surface area (Å²) in [5, 5.41) is 11.2. The fraction of sp³-hybridized carbons (Fsp3) is 0.278. The predicted molar refractivity (Wildman–Crippen MR) is 92.9 cm³/mol. The van der Waals surface area contributed by atoms with Crippen LogP contribution in [-0.4, -0.2) is 34.4 Å². The first kappa shape index (κ1) is 16.3. The zero-order chi connectivity index (χ0) is 18.3. The Morgan fingerprint density at radius 2 is 2.08 bits per heavy atom. The van der Waals surface area contributed by atoms with Crippen molar-refractivity contribution >= 4 is 23.0 Å². The predicted octanol–water partition coefficient (Wildman–Crippen LogP) is 2.88. The Morgan fingerprint density at radius 1 is 1.27 bits per heavy atom. The number of halogens is 1. The Labute approximate surface area is 148 Å². The summed E-state index contributed by atoms with van der Waals surface area (Å²) in [5.41, 5.74) is 1.12. The summed E-state index contributed by atoms with van der Waals surface area (Å²) in [6.07, 6.45) is 1.42. The van der Waals surface area contributed by atoms with Gasteiger partial charge in [-0.05, 0) is 37.0 Å². The minimum atomic E-state index is -2.07. The Morgan fingerprint density at radius 3 is 2.73 bits per heavy atom. The lowest BCUT2D eigenvalue weighted by Crippen LogP contribution is -2.37. The molecule has 0 saturated heterocycles. The minimum absolute atomic E-state index is 0.142. The highest BCUT2D eigenvalue weighted by atomic mass is 19.1. The molecule has 1 aromatic carbocycles. The third kappa shape index (κ3) is 2.94. The van der Waals surface area contributed by atoms with E-state index in [0.29, 0.717) is 29.4 Å². The van der Waals surface area contributed by atoms with Gasteiger partial charge in [-0.2, -0.15) is 0 Å². The molecule has 2 heterocycles. The van der Waals surface area contributed by atoms with Gasteiger partial charge in [-0.3, -0.25) is 19.9 Å². The lowest BCUT2D eigenvalue weighted by molar-refractivity contribution is -0.384. The van der Waals surface area contributed by atoms with Gasteiger partial charge in [0.25, 0.3) is 17.9 Å². The van der Waals surface area contributed by atoms with Crippen LogP contribution in [0.5, 0.6) is 0 Å². The van der Waals surface area contributed by atoms with Gasteiger partial charge in [0.2, 0.25) is 0 Å². The number of nitro benzene ring substituents is 1. The van der Waals surface area contributed by atoms with Gasteiger partial charge in [-0.1, -0.05) is 6.07 Å². The number of aliphatic imine (C=N–C) groups is 1. The Hall–Kier alpha value is -3.16. The number of nitro groups is 1. The van der Waals surface area contributed by atoms with Crippen molar-refractivity contribution in [1.82, 2.24) is 4.98 Å². The van der Waals surface area contributed by atoms with E-state index < -0.39 is 17.1 Å². The van der Waals surface area contributed by atoms with Crippen LogP contribution in [0.3, 0.4) is 0 Å². The summed E-state index contributed by atoms with van der Waals surface area (Å²) in [7, 11) is 0. The molecular weight excluding hydrogens is 339 g/mol. The van der Waals surface area contributed by atoms with Gasteiger partial charge in [0.1, 0.15) is 0 Å². The summed E-state index contributed by atoms with van der Waals surface area (Å²) >= 11 is 0. The number of aromatic nitrogens is 1. The van der Waals surface area contributed by atoms with Crippen LogP contribution in [0, 0.1) is 16.0 Å². The zero-order valence-corrected chi connectivity index (χ0v) is 13.7. The molecular formula is C18H15FN4O3. The largest absolute Gasteiger partial charge is 0.307 e. The summed E-state index contributed by atoms with van der Waals surface area (Å²) in [6, 6.07) is 9.19. The van der Waals surface area contributed by atoms with Crippen molar-refractivity contribution in [2.45, 2.75) is 19.1 Å². The van der Waals surface area contributed by atoms with Crippen LogP contribution in [-0.2, 0) is 4.79 Å². The van der Waals surface area contributed by atoms with Crippen LogP contribution in [0.1, 0.15) is 24.1 Å². The van der Waals surface area contributed by atoms with E-state index in [0.717, 1.165) is 12.8 Å². The molecule has 0 N–H and O–H groups in total. The minimum Gasteiger partial charge on any atom is -0.307 e. The summed E-state index contributed by atoms with van der Waals surface area (Å²) in [6.45, 7) is 0.384. The third-order valence-corrected chi connectivity index (χ3v) is 4.49. The Balaban J connectivity index is 1.91. The lowest BCUT2D eigenvalue weighted by atomic mass is 10.0. The molecule has 1 saturated carbocycles. The van der Waals surface area contributed by atoms with Crippen molar-refractivity contribution in [3.63, 3.8) is 0 Å². The molecule has 1 unspecified atom stereocenters. The average molecular weight is 354 g/mol. The van der Waals surface area contributed by atoms with Crippen LogP contribution in [0.2, 0.25) is 0 Å². The smallest absolute Gasteiger partial charge is 0.284 e. The summed E-state index contributed by atoms with van der Waals surface area (Å²) < 4.78 is 14.6. The van der Waals surface area contributed by atoms with Crippen LogP contribution in [0.25, 0.3) is 0 Å². The number of benzodiazepines with no additional fused rings is 1. The number of pyridine rings is 1. The van der Waals surface area contributed by atoms with E-state index in [1.807, 2.05) is 0 Å². The first-order valence-electron chi connectivity index (χ1n) is 8.28. The van der Waals surface area contributed by atoms with Gasteiger partial charge >= 0.3 is 0 Å². The van der Waals surface area contributed by atoms with Crippen LogP contribution in [0.4, 0.5) is 15.8 Å². The van der Waals surface area contributed by atoms with Gasteiger partial charge in [0.05, 0.1) is 22.0 Å². The molecule has 1 amide bonds. The second kappa shape index (κ2) is 6.29. The fourth-order valence-electron chi connectivity index (χ4n) is 3.00. The second-order valence-electron chi connectivity index (χ2n) is 6.38. The van der Waals surface area contributed by atoms with Crippen molar-refractivity contribution in [2.75, 3.05) is 11.4 Å². The maximum Gasteiger partial charge on any atom is 0.284 e. The number of alkyl halides is 1. The number of benzene rings is 1. The first-order valence-corrected chi connectivity index (χ1v) is 8.28. The highest BCUT2D eigenvalue weighted by Crippen LogP contribution is 2.36. The molecule has 8 heteroatoms. The Bertz CT molecular complexity index is 912.